The van der Waals surface area contributed by atoms with E-state index in [1.54, 1.807) is 6.26 Å². The Balaban J connectivity index is 2.45. The largest absolute Gasteiger partial charge is 0.467 e. The van der Waals surface area contributed by atoms with E-state index in [1.165, 1.54) is 12.8 Å². The molecule has 18 heavy (non-hydrogen) atoms. The van der Waals surface area contributed by atoms with E-state index in [-0.39, 0.29) is 0 Å². The van der Waals surface area contributed by atoms with Crippen LogP contribution in [0.4, 0.5) is 0 Å². The highest BCUT2D eigenvalue weighted by Crippen LogP contribution is 2.05. The van der Waals surface area contributed by atoms with Crippen LogP contribution in [0.15, 0.2) is 27.8 Å². The molecule has 0 aromatic carbocycles. The van der Waals surface area contributed by atoms with Crippen LogP contribution in [-0.4, -0.2) is 19.0 Å². The van der Waals surface area contributed by atoms with Crippen LogP contribution in [0.3, 0.4) is 0 Å². The van der Waals surface area contributed by atoms with Crippen molar-refractivity contribution in [2.45, 2.75) is 40.2 Å². The van der Waals surface area contributed by atoms with E-state index in [0.29, 0.717) is 12.5 Å². The molecular weight excluding hydrogens is 226 g/mol. The minimum absolute atomic E-state index is 0.575. The van der Waals surface area contributed by atoms with E-state index < -0.39 is 0 Å². The number of nitrogens with one attached hydrogen (secondary N) is 2. The summed E-state index contributed by atoms with van der Waals surface area (Å²) >= 11 is 0. The summed E-state index contributed by atoms with van der Waals surface area (Å²) in [5.74, 6) is 2.45. The lowest BCUT2D eigenvalue weighted by molar-refractivity contribution is 0.480. The Morgan fingerprint density at radius 1 is 1.28 bits per heavy atom. The van der Waals surface area contributed by atoms with Crippen LogP contribution in [0.1, 0.15) is 39.4 Å². The van der Waals surface area contributed by atoms with Crippen LogP contribution in [0.2, 0.25) is 0 Å². The molecule has 0 aliphatic heterocycles. The highest BCUT2D eigenvalue weighted by atomic mass is 16.3. The van der Waals surface area contributed by atoms with Gasteiger partial charge in [-0.15, -0.1) is 0 Å². The summed E-state index contributed by atoms with van der Waals surface area (Å²) in [7, 11) is 0. The van der Waals surface area contributed by atoms with Gasteiger partial charge in [-0.3, -0.25) is 0 Å². The molecule has 1 rings (SSSR count). The number of hydrogen-bond acceptors (Lipinski definition) is 2. The first kappa shape index (κ1) is 14.6. The Morgan fingerprint density at radius 2 is 2.06 bits per heavy atom. The van der Waals surface area contributed by atoms with E-state index in [2.05, 4.69) is 36.4 Å². The minimum atomic E-state index is 0.575. The molecule has 4 heteroatoms. The Morgan fingerprint density at radius 3 is 2.61 bits per heavy atom. The van der Waals surface area contributed by atoms with Crippen LogP contribution in [0, 0.1) is 5.92 Å². The maximum Gasteiger partial charge on any atom is 0.191 e. The Bertz CT molecular complexity index is 329. The summed E-state index contributed by atoms with van der Waals surface area (Å²) in [5.41, 5.74) is 0. The van der Waals surface area contributed by atoms with Crippen molar-refractivity contribution >= 4 is 5.96 Å². The SMILES string of the molecule is CCNC(=NCc1ccco1)NCC(CC)CC. The summed E-state index contributed by atoms with van der Waals surface area (Å²) in [4.78, 5) is 4.50. The second kappa shape index (κ2) is 8.61. The van der Waals surface area contributed by atoms with Gasteiger partial charge in [0.1, 0.15) is 12.3 Å². The molecule has 0 bridgehead atoms. The molecule has 4 nitrogen and oxygen atoms in total. The van der Waals surface area contributed by atoms with Gasteiger partial charge >= 0.3 is 0 Å². The molecule has 0 saturated carbocycles. The Hall–Kier alpha value is -1.45. The standard InChI is InChI=1S/C14H25N3O/c1-4-12(5-2)10-16-14(15-6-3)17-11-13-8-7-9-18-13/h7-9,12H,4-6,10-11H2,1-3H3,(H2,15,16,17). The maximum atomic E-state index is 5.27. The van der Waals surface area contributed by atoms with Gasteiger partial charge in [0.25, 0.3) is 0 Å². The van der Waals surface area contributed by atoms with Crippen LogP contribution in [0.5, 0.6) is 0 Å². The van der Waals surface area contributed by atoms with Gasteiger partial charge in [-0.05, 0) is 25.0 Å². The zero-order valence-corrected chi connectivity index (χ0v) is 11.7. The number of nitrogens with zero attached hydrogens (tertiary/aromatic N) is 1. The number of furan rings is 1. The molecule has 0 spiro atoms. The van der Waals surface area contributed by atoms with Crippen molar-refractivity contribution < 1.29 is 4.42 Å². The predicted octanol–water partition coefficient (Wildman–Crippen LogP) is 2.77. The second-order valence-corrected chi connectivity index (χ2v) is 4.34. The molecule has 0 aliphatic rings. The second-order valence-electron chi connectivity index (χ2n) is 4.34. The van der Waals surface area contributed by atoms with Crippen LogP contribution < -0.4 is 10.6 Å². The molecule has 0 atom stereocenters. The number of rotatable bonds is 7. The summed E-state index contributed by atoms with van der Waals surface area (Å²) in [5, 5.41) is 6.63. The van der Waals surface area contributed by atoms with Crippen molar-refractivity contribution in [3.05, 3.63) is 24.2 Å². The van der Waals surface area contributed by atoms with Crippen molar-refractivity contribution in [1.82, 2.24) is 10.6 Å². The average molecular weight is 251 g/mol. The van der Waals surface area contributed by atoms with Gasteiger partial charge in [0.2, 0.25) is 0 Å². The van der Waals surface area contributed by atoms with Crippen molar-refractivity contribution in [3.63, 3.8) is 0 Å². The number of aliphatic imine (C=N–C) groups is 1. The molecule has 0 unspecified atom stereocenters. The van der Waals surface area contributed by atoms with E-state index in [9.17, 15) is 0 Å². The first-order chi connectivity index (χ1) is 8.80. The molecule has 102 valence electrons. The van der Waals surface area contributed by atoms with Gasteiger partial charge in [0, 0.05) is 13.1 Å². The molecule has 0 aliphatic carbocycles. The van der Waals surface area contributed by atoms with Gasteiger partial charge in [-0.1, -0.05) is 26.7 Å². The van der Waals surface area contributed by atoms with E-state index in [1.807, 2.05) is 12.1 Å². The zero-order valence-electron chi connectivity index (χ0n) is 11.7. The van der Waals surface area contributed by atoms with Gasteiger partial charge < -0.3 is 15.1 Å². The number of hydrogen-bond donors (Lipinski definition) is 2. The van der Waals surface area contributed by atoms with E-state index >= 15 is 0 Å². The third kappa shape index (κ3) is 5.25. The smallest absolute Gasteiger partial charge is 0.191 e. The summed E-state index contributed by atoms with van der Waals surface area (Å²) in [6.45, 7) is 8.93. The fraction of sp³-hybridized carbons (Fsp3) is 0.643. The lowest BCUT2D eigenvalue weighted by atomic mass is 10.0. The van der Waals surface area contributed by atoms with Gasteiger partial charge in [0.05, 0.1) is 6.26 Å². The summed E-state index contributed by atoms with van der Waals surface area (Å²) in [6.07, 6.45) is 4.07. The van der Waals surface area contributed by atoms with Crippen molar-refractivity contribution in [1.29, 1.82) is 0 Å². The highest BCUT2D eigenvalue weighted by Gasteiger charge is 2.04. The normalized spacial score (nSPS) is 11.9. The molecule has 0 amide bonds. The predicted molar refractivity (Wildman–Crippen MR) is 75.6 cm³/mol. The van der Waals surface area contributed by atoms with Crippen LogP contribution >= 0.6 is 0 Å². The average Bonchev–Trinajstić information content (AvgIpc) is 2.90. The van der Waals surface area contributed by atoms with Gasteiger partial charge in [0.15, 0.2) is 5.96 Å². The molecular formula is C14H25N3O. The molecule has 2 N–H and O–H groups in total. The third-order valence-electron chi connectivity index (χ3n) is 3.03. The molecule has 1 aromatic rings. The lowest BCUT2D eigenvalue weighted by Crippen LogP contribution is -2.39. The van der Waals surface area contributed by atoms with Crippen molar-refractivity contribution in [2.24, 2.45) is 10.9 Å². The minimum Gasteiger partial charge on any atom is -0.467 e. The van der Waals surface area contributed by atoms with Crippen molar-refractivity contribution in [2.75, 3.05) is 13.1 Å². The summed E-state index contributed by atoms with van der Waals surface area (Å²) < 4.78 is 5.27. The summed E-state index contributed by atoms with van der Waals surface area (Å²) in [6, 6.07) is 3.82. The quantitative estimate of drug-likeness (QED) is 0.578. The van der Waals surface area contributed by atoms with Crippen LogP contribution in [0.25, 0.3) is 0 Å². The lowest BCUT2D eigenvalue weighted by Gasteiger charge is -2.16. The van der Waals surface area contributed by atoms with Gasteiger partial charge in [-0.2, -0.15) is 0 Å². The van der Waals surface area contributed by atoms with Crippen molar-refractivity contribution in [3.8, 4) is 0 Å². The molecule has 1 aromatic heterocycles. The Labute approximate surface area is 110 Å². The molecule has 1 heterocycles. The van der Waals surface area contributed by atoms with E-state index in [4.69, 9.17) is 4.42 Å². The third-order valence-corrected chi connectivity index (χ3v) is 3.03. The fourth-order valence-corrected chi connectivity index (χ4v) is 1.72. The monoisotopic (exact) mass is 251 g/mol. The zero-order chi connectivity index (χ0) is 13.2. The Kier molecular flexibility index (Phi) is 6.99. The van der Waals surface area contributed by atoms with E-state index in [0.717, 1.165) is 24.8 Å². The molecule has 0 fully saturated rings. The first-order valence-corrected chi connectivity index (χ1v) is 6.84. The highest BCUT2D eigenvalue weighted by molar-refractivity contribution is 5.79. The van der Waals surface area contributed by atoms with Gasteiger partial charge in [-0.25, -0.2) is 4.99 Å². The maximum absolute atomic E-state index is 5.27. The van der Waals surface area contributed by atoms with Crippen LogP contribution in [-0.2, 0) is 6.54 Å². The topological polar surface area (TPSA) is 49.6 Å². The fourth-order valence-electron chi connectivity index (χ4n) is 1.72. The number of guanidine groups is 1. The molecule has 0 radical (unpaired) electrons. The first-order valence-electron chi connectivity index (χ1n) is 6.84. The molecule has 0 saturated heterocycles.